The molecule has 3 N–H and O–H groups in total. The quantitative estimate of drug-likeness (QED) is 0.688. The van der Waals surface area contributed by atoms with Gasteiger partial charge in [0.2, 0.25) is 0 Å². The summed E-state index contributed by atoms with van der Waals surface area (Å²) in [6.45, 7) is 1.25. The Morgan fingerprint density at radius 1 is 1.27 bits per heavy atom. The maximum atomic E-state index is 9.43. The number of benzene rings is 1. The van der Waals surface area contributed by atoms with Gasteiger partial charge in [-0.05, 0) is 24.1 Å². The molecule has 4 nitrogen and oxygen atoms in total. The number of aliphatic hydroxyl groups excluding tert-OH is 3. The molecule has 0 heterocycles. The second kappa shape index (κ2) is 5.11. The number of hydrogen-bond donors (Lipinski definition) is 3. The van der Waals surface area contributed by atoms with E-state index >= 15 is 0 Å². The molecule has 1 aromatic carbocycles. The molecule has 0 aliphatic carbocycles. The minimum Gasteiger partial charge on any atom is -0.496 e. The van der Waals surface area contributed by atoms with E-state index < -0.39 is 6.10 Å². The van der Waals surface area contributed by atoms with Gasteiger partial charge in [0.15, 0.2) is 0 Å². The van der Waals surface area contributed by atoms with E-state index in [9.17, 15) is 5.11 Å². The molecule has 1 rings (SSSR count). The first-order valence-electron chi connectivity index (χ1n) is 4.73. The average Bonchev–Trinajstić information content (AvgIpc) is 2.26. The van der Waals surface area contributed by atoms with Crippen molar-refractivity contribution in [2.45, 2.75) is 26.2 Å². The number of rotatable bonds is 4. The van der Waals surface area contributed by atoms with Gasteiger partial charge in [0.25, 0.3) is 0 Å². The Kier molecular flexibility index (Phi) is 4.08. The molecule has 1 aromatic rings. The monoisotopic (exact) mass is 212 g/mol. The predicted molar refractivity (Wildman–Crippen MR) is 55.5 cm³/mol. The molecule has 0 amide bonds. The van der Waals surface area contributed by atoms with Crippen LogP contribution in [0.4, 0.5) is 0 Å². The van der Waals surface area contributed by atoms with Gasteiger partial charge in [0.1, 0.15) is 5.75 Å². The topological polar surface area (TPSA) is 69.9 Å². The molecule has 0 bridgehead atoms. The summed E-state index contributed by atoms with van der Waals surface area (Å²) >= 11 is 0. The number of aliphatic hydroxyl groups is 3. The van der Waals surface area contributed by atoms with Crippen molar-refractivity contribution in [3.63, 3.8) is 0 Å². The fourth-order valence-corrected chi connectivity index (χ4v) is 1.47. The molecule has 0 fully saturated rings. The number of methoxy groups -OCH3 is 1. The standard InChI is InChI=1S/C11H16O4/c1-7(14)8-3-9(5-12)10(6-13)11(4-8)15-2/h3-4,7,12-14H,5-6H2,1-2H3. The molecule has 15 heavy (non-hydrogen) atoms. The van der Waals surface area contributed by atoms with Crippen LogP contribution in [0.3, 0.4) is 0 Å². The van der Waals surface area contributed by atoms with E-state index in [1.54, 1.807) is 19.1 Å². The fraction of sp³-hybridized carbons (Fsp3) is 0.455. The lowest BCUT2D eigenvalue weighted by Crippen LogP contribution is -2.02. The Hall–Kier alpha value is -1.10. The summed E-state index contributed by atoms with van der Waals surface area (Å²) in [5.41, 5.74) is 1.80. The van der Waals surface area contributed by atoms with Gasteiger partial charge in [0, 0.05) is 5.56 Å². The maximum Gasteiger partial charge on any atom is 0.125 e. The highest BCUT2D eigenvalue weighted by Gasteiger charge is 2.12. The van der Waals surface area contributed by atoms with Gasteiger partial charge < -0.3 is 20.1 Å². The van der Waals surface area contributed by atoms with Gasteiger partial charge in [-0.25, -0.2) is 0 Å². The second-order valence-corrected chi connectivity index (χ2v) is 3.35. The molecule has 0 saturated carbocycles. The largest absolute Gasteiger partial charge is 0.496 e. The second-order valence-electron chi connectivity index (χ2n) is 3.35. The first-order chi connectivity index (χ1) is 7.13. The highest BCUT2D eigenvalue weighted by molar-refractivity contribution is 5.44. The van der Waals surface area contributed by atoms with Crippen molar-refractivity contribution in [2.24, 2.45) is 0 Å². The SMILES string of the molecule is COc1cc(C(C)O)cc(CO)c1CO. The van der Waals surface area contributed by atoms with Gasteiger partial charge in [-0.3, -0.25) is 0 Å². The van der Waals surface area contributed by atoms with Gasteiger partial charge in [-0.2, -0.15) is 0 Å². The van der Waals surface area contributed by atoms with Crippen LogP contribution in [0.5, 0.6) is 5.75 Å². The van der Waals surface area contributed by atoms with E-state index in [4.69, 9.17) is 14.9 Å². The zero-order valence-corrected chi connectivity index (χ0v) is 8.90. The minimum atomic E-state index is -0.628. The van der Waals surface area contributed by atoms with Gasteiger partial charge >= 0.3 is 0 Å². The lowest BCUT2D eigenvalue weighted by Gasteiger charge is -2.14. The van der Waals surface area contributed by atoms with E-state index in [0.29, 0.717) is 22.4 Å². The summed E-state index contributed by atoms with van der Waals surface area (Å²) in [4.78, 5) is 0. The van der Waals surface area contributed by atoms with Crippen LogP contribution in [0.2, 0.25) is 0 Å². The normalized spacial score (nSPS) is 12.6. The summed E-state index contributed by atoms with van der Waals surface area (Å²) in [7, 11) is 1.49. The van der Waals surface area contributed by atoms with Crippen molar-refractivity contribution in [2.75, 3.05) is 7.11 Å². The van der Waals surface area contributed by atoms with Crippen LogP contribution in [0, 0.1) is 0 Å². The smallest absolute Gasteiger partial charge is 0.125 e. The van der Waals surface area contributed by atoms with Crippen LogP contribution in [0.1, 0.15) is 29.7 Å². The van der Waals surface area contributed by atoms with Crippen LogP contribution in [0.25, 0.3) is 0 Å². The molecular formula is C11H16O4. The van der Waals surface area contributed by atoms with Crippen LogP contribution in [-0.4, -0.2) is 22.4 Å². The lowest BCUT2D eigenvalue weighted by atomic mass is 10.0. The molecule has 84 valence electrons. The average molecular weight is 212 g/mol. The Morgan fingerprint density at radius 3 is 2.33 bits per heavy atom. The molecule has 0 saturated heterocycles. The molecule has 0 aromatic heterocycles. The number of hydrogen-bond acceptors (Lipinski definition) is 4. The van der Waals surface area contributed by atoms with Crippen molar-refractivity contribution >= 4 is 0 Å². The molecular weight excluding hydrogens is 196 g/mol. The van der Waals surface area contributed by atoms with E-state index in [-0.39, 0.29) is 13.2 Å². The van der Waals surface area contributed by atoms with Crippen molar-refractivity contribution in [1.29, 1.82) is 0 Å². The molecule has 0 aliphatic heterocycles. The summed E-state index contributed by atoms with van der Waals surface area (Å²) in [5, 5.41) is 27.7. The highest BCUT2D eigenvalue weighted by Crippen LogP contribution is 2.27. The minimum absolute atomic E-state index is 0.188. The summed E-state index contributed by atoms with van der Waals surface area (Å²) in [5.74, 6) is 0.486. The van der Waals surface area contributed by atoms with Crippen LogP contribution in [0.15, 0.2) is 12.1 Å². The predicted octanol–water partition coefficient (Wildman–Crippen LogP) is 0.733. The van der Waals surface area contributed by atoms with Gasteiger partial charge in [-0.1, -0.05) is 6.07 Å². The van der Waals surface area contributed by atoms with Gasteiger partial charge in [0.05, 0.1) is 26.4 Å². The zero-order chi connectivity index (χ0) is 11.4. The third kappa shape index (κ3) is 2.47. The molecule has 1 atom stereocenters. The molecule has 1 unspecified atom stereocenters. The molecule has 0 radical (unpaired) electrons. The van der Waals surface area contributed by atoms with E-state index in [1.807, 2.05) is 0 Å². The van der Waals surface area contributed by atoms with Crippen molar-refractivity contribution in [3.8, 4) is 5.75 Å². The van der Waals surface area contributed by atoms with Crippen molar-refractivity contribution < 1.29 is 20.1 Å². The third-order valence-corrected chi connectivity index (χ3v) is 2.35. The summed E-state index contributed by atoms with van der Waals surface area (Å²) in [6, 6.07) is 3.33. The zero-order valence-electron chi connectivity index (χ0n) is 8.90. The molecule has 0 spiro atoms. The third-order valence-electron chi connectivity index (χ3n) is 2.35. The Morgan fingerprint density at radius 2 is 1.93 bits per heavy atom. The number of ether oxygens (including phenoxy) is 1. The highest BCUT2D eigenvalue weighted by atomic mass is 16.5. The molecule has 4 heteroatoms. The van der Waals surface area contributed by atoms with Gasteiger partial charge in [-0.15, -0.1) is 0 Å². The lowest BCUT2D eigenvalue weighted by molar-refractivity contribution is 0.197. The van der Waals surface area contributed by atoms with Crippen LogP contribution < -0.4 is 4.74 Å². The van der Waals surface area contributed by atoms with E-state index in [2.05, 4.69) is 0 Å². The van der Waals surface area contributed by atoms with Crippen molar-refractivity contribution in [1.82, 2.24) is 0 Å². The first-order valence-corrected chi connectivity index (χ1v) is 4.73. The Labute approximate surface area is 88.8 Å². The van der Waals surface area contributed by atoms with Crippen LogP contribution >= 0.6 is 0 Å². The maximum absolute atomic E-state index is 9.43. The Bertz CT molecular complexity index is 308. The molecule has 0 aliphatic rings. The van der Waals surface area contributed by atoms with Crippen molar-refractivity contribution in [3.05, 3.63) is 28.8 Å². The fourth-order valence-electron chi connectivity index (χ4n) is 1.47. The summed E-state index contributed by atoms with van der Waals surface area (Å²) in [6.07, 6.45) is -0.628. The van der Waals surface area contributed by atoms with Crippen LogP contribution in [-0.2, 0) is 13.2 Å². The summed E-state index contributed by atoms with van der Waals surface area (Å²) < 4.78 is 5.09. The van der Waals surface area contributed by atoms with E-state index in [0.717, 1.165) is 0 Å². The Balaban J connectivity index is 3.29. The first kappa shape index (κ1) is 12.0. The van der Waals surface area contributed by atoms with E-state index in [1.165, 1.54) is 7.11 Å².